The lowest BCUT2D eigenvalue weighted by Gasteiger charge is -2.36. The van der Waals surface area contributed by atoms with Crippen LogP contribution in [0.5, 0.6) is 0 Å². The number of rotatable bonds is 3. The van der Waals surface area contributed by atoms with Crippen molar-refractivity contribution in [3.63, 3.8) is 0 Å². The highest BCUT2D eigenvalue weighted by atomic mass is 19.1. The number of halogens is 1. The fourth-order valence-electron chi connectivity index (χ4n) is 3.05. The van der Waals surface area contributed by atoms with Crippen LogP contribution in [-0.4, -0.2) is 40.1 Å². The molecule has 1 N–H and O–H groups in total. The molecule has 0 spiro atoms. The minimum atomic E-state index is -0.599. The van der Waals surface area contributed by atoms with E-state index in [1.165, 1.54) is 12.1 Å². The number of carbonyl (C=O) groups is 1. The van der Waals surface area contributed by atoms with Gasteiger partial charge in [0.25, 0.3) is 5.91 Å². The maximum Gasteiger partial charge on any atom is 0.254 e. The molecule has 1 saturated heterocycles. The van der Waals surface area contributed by atoms with E-state index in [2.05, 4.69) is 4.98 Å². The zero-order valence-electron chi connectivity index (χ0n) is 12.7. The highest BCUT2D eigenvalue weighted by Gasteiger charge is 2.30. The van der Waals surface area contributed by atoms with Gasteiger partial charge in [0.2, 0.25) is 0 Å². The lowest BCUT2D eigenvalue weighted by molar-refractivity contribution is 0.0198. The van der Waals surface area contributed by atoms with Crippen molar-refractivity contribution in [2.24, 2.45) is 5.92 Å². The van der Waals surface area contributed by atoms with Crippen LogP contribution in [0.25, 0.3) is 0 Å². The third-order valence-electron chi connectivity index (χ3n) is 4.32. The number of aliphatic hydroxyl groups excluding tert-OH is 1. The molecule has 1 amide bonds. The first-order chi connectivity index (χ1) is 11.1. The largest absolute Gasteiger partial charge is 0.391 e. The molecular weight excluding hydrogens is 295 g/mol. The summed E-state index contributed by atoms with van der Waals surface area (Å²) in [6.07, 6.45) is 3.89. The van der Waals surface area contributed by atoms with Crippen molar-refractivity contribution in [2.45, 2.75) is 18.9 Å². The van der Waals surface area contributed by atoms with Gasteiger partial charge in [0, 0.05) is 31.0 Å². The zero-order chi connectivity index (χ0) is 16.2. The van der Waals surface area contributed by atoms with Gasteiger partial charge in [-0.3, -0.25) is 9.78 Å². The molecule has 0 bridgehead atoms. The second-order valence-electron chi connectivity index (χ2n) is 5.94. The Morgan fingerprint density at radius 1 is 1.30 bits per heavy atom. The van der Waals surface area contributed by atoms with Crippen molar-refractivity contribution >= 4 is 5.91 Å². The molecule has 0 unspecified atom stereocenters. The Kier molecular flexibility index (Phi) is 4.67. The number of piperidine rings is 1. The first kappa shape index (κ1) is 15.6. The van der Waals surface area contributed by atoms with Gasteiger partial charge < -0.3 is 10.0 Å². The van der Waals surface area contributed by atoms with E-state index in [1.54, 1.807) is 35.5 Å². The molecule has 1 fully saturated rings. The summed E-state index contributed by atoms with van der Waals surface area (Å²) in [6, 6.07) is 9.81. The predicted octanol–water partition coefficient (Wildman–Crippen LogP) is 2.29. The molecule has 1 aliphatic rings. The monoisotopic (exact) mass is 314 g/mol. The molecule has 5 heteroatoms. The highest BCUT2D eigenvalue weighted by Crippen LogP contribution is 2.23. The first-order valence-corrected chi connectivity index (χ1v) is 7.75. The Morgan fingerprint density at radius 3 is 2.78 bits per heavy atom. The summed E-state index contributed by atoms with van der Waals surface area (Å²) < 4.78 is 13.3. The minimum absolute atomic E-state index is 0.0401. The number of pyridine rings is 1. The Bertz CT molecular complexity index is 678. The fourth-order valence-corrected chi connectivity index (χ4v) is 3.05. The second-order valence-corrected chi connectivity index (χ2v) is 5.94. The maximum atomic E-state index is 13.3. The predicted molar refractivity (Wildman–Crippen MR) is 84.4 cm³/mol. The van der Waals surface area contributed by atoms with Crippen molar-refractivity contribution in [1.82, 2.24) is 9.88 Å². The number of aromatic nitrogens is 1. The molecule has 1 aliphatic heterocycles. The van der Waals surface area contributed by atoms with Gasteiger partial charge in [0.1, 0.15) is 5.82 Å². The molecule has 23 heavy (non-hydrogen) atoms. The van der Waals surface area contributed by atoms with E-state index in [0.29, 0.717) is 31.5 Å². The lowest BCUT2D eigenvalue weighted by Crippen LogP contribution is -2.47. The number of hydrogen-bond donors (Lipinski definition) is 1. The van der Waals surface area contributed by atoms with Crippen LogP contribution in [0, 0.1) is 11.7 Å². The molecule has 0 saturated carbocycles. The van der Waals surface area contributed by atoms with Gasteiger partial charge in [0.05, 0.1) is 6.10 Å². The van der Waals surface area contributed by atoms with E-state index < -0.39 is 6.10 Å². The number of amides is 1. The number of aliphatic hydroxyl groups is 1. The van der Waals surface area contributed by atoms with Crippen LogP contribution in [0.4, 0.5) is 4.39 Å². The van der Waals surface area contributed by atoms with Crippen molar-refractivity contribution in [2.75, 3.05) is 13.1 Å². The number of hydrogen-bond acceptors (Lipinski definition) is 3. The van der Waals surface area contributed by atoms with Gasteiger partial charge in [-0.25, -0.2) is 4.39 Å². The molecule has 0 aliphatic carbocycles. The highest BCUT2D eigenvalue weighted by molar-refractivity contribution is 5.94. The Labute approximate surface area is 134 Å². The number of nitrogens with zero attached hydrogens (tertiary/aromatic N) is 2. The number of likely N-dealkylation sites (tertiary alicyclic amines) is 1. The number of β-amino-alcohol motifs (C(OH)–C–C–N with tert-alkyl or cyclic N) is 1. The van der Waals surface area contributed by atoms with Crippen molar-refractivity contribution in [3.05, 3.63) is 65.7 Å². The summed E-state index contributed by atoms with van der Waals surface area (Å²) >= 11 is 0. The molecule has 1 aromatic heterocycles. The topological polar surface area (TPSA) is 53.4 Å². The van der Waals surface area contributed by atoms with E-state index >= 15 is 0 Å². The number of carbonyl (C=O) groups excluding carboxylic acids is 1. The van der Waals surface area contributed by atoms with Crippen LogP contribution < -0.4 is 0 Å². The summed E-state index contributed by atoms with van der Waals surface area (Å²) in [7, 11) is 0. The smallest absolute Gasteiger partial charge is 0.254 e. The van der Waals surface area contributed by atoms with E-state index in [1.807, 2.05) is 6.07 Å². The van der Waals surface area contributed by atoms with Crippen LogP contribution in [0.15, 0.2) is 48.8 Å². The summed E-state index contributed by atoms with van der Waals surface area (Å²) in [5.74, 6) is -0.309. The zero-order valence-corrected chi connectivity index (χ0v) is 12.7. The van der Waals surface area contributed by atoms with E-state index in [9.17, 15) is 14.3 Å². The van der Waals surface area contributed by atoms with Crippen LogP contribution in [0.3, 0.4) is 0 Å². The summed E-state index contributed by atoms with van der Waals surface area (Å²) in [4.78, 5) is 18.0. The van der Waals surface area contributed by atoms with Gasteiger partial charge in [-0.2, -0.15) is 0 Å². The molecule has 4 nitrogen and oxygen atoms in total. The van der Waals surface area contributed by atoms with Gasteiger partial charge in [-0.15, -0.1) is 0 Å². The van der Waals surface area contributed by atoms with E-state index in [4.69, 9.17) is 0 Å². The average Bonchev–Trinajstić information content (AvgIpc) is 2.57. The molecule has 2 heterocycles. The van der Waals surface area contributed by atoms with E-state index in [0.717, 1.165) is 5.56 Å². The normalized spacial score (nSPS) is 21.2. The second kappa shape index (κ2) is 6.87. The Hall–Kier alpha value is -2.27. The number of benzene rings is 1. The molecule has 2 aromatic rings. The summed E-state index contributed by atoms with van der Waals surface area (Å²) in [5.41, 5.74) is 1.46. The van der Waals surface area contributed by atoms with Crippen molar-refractivity contribution < 1.29 is 14.3 Å². The van der Waals surface area contributed by atoms with Crippen molar-refractivity contribution in [1.29, 1.82) is 0 Å². The molecule has 1 aromatic carbocycles. The maximum absolute atomic E-state index is 13.3. The molecule has 120 valence electrons. The fraction of sp³-hybridized carbons (Fsp3) is 0.333. The van der Waals surface area contributed by atoms with Gasteiger partial charge in [-0.1, -0.05) is 12.1 Å². The quantitative estimate of drug-likeness (QED) is 0.946. The van der Waals surface area contributed by atoms with Crippen LogP contribution in [-0.2, 0) is 6.42 Å². The third-order valence-corrected chi connectivity index (χ3v) is 4.32. The van der Waals surface area contributed by atoms with Gasteiger partial charge in [0.15, 0.2) is 0 Å². The Morgan fingerprint density at radius 2 is 2.09 bits per heavy atom. The van der Waals surface area contributed by atoms with Gasteiger partial charge in [-0.05, 0) is 48.6 Å². The SMILES string of the molecule is O=C(c1ccncc1)N1CC[C@H](Cc2cccc(F)c2)[C@@H](O)C1. The van der Waals surface area contributed by atoms with Crippen LogP contribution in [0.2, 0.25) is 0 Å². The third kappa shape index (κ3) is 3.74. The van der Waals surface area contributed by atoms with Crippen LogP contribution in [0.1, 0.15) is 22.3 Å². The van der Waals surface area contributed by atoms with Gasteiger partial charge >= 0.3 is 0 Å². The summed E-state index contributed by atoms with van der Waals surface area (Å²) in [5, 5.41) is 10.4. The Balaban J connectivity index is 1.62. The first-order valence-electron chi connectivity index (χ1n) is 7.75. The average molecular weight is 314 g/mol. The molecule has 3 rings (SSSR count). The van der Waals surface area contributed by atoms with Crippen LogP contribution >= 0.6 is 0 Å². The molecule has 2 atom stereocenters. The van der Waals surface area contributed by atoms with E-state index in [-0.39, 0.29) is 17.6 Å². The summed E-state index contributed by atoms with van der Waals surface area (Å²) in [6.45, 7) is 0.902. The lowest BCUT2D eigenvalue weighted by atomic mass is 9.87. The van der Waals surface area contributed by atoms with Crippen molar-refractivity contribution in [3.8, 4) is 0 Å². The molecular formula is C18H19FN2O2. The molecule has 0 radical (unpaired) electrons. The standard InChI is InChI=1S/C18H19FN2O2/c19-16-3-1-2-13(11-16)10-15-6-9-21(12-17(15)22)18(23)14-4-7-20-8-5-14/h1-5,7-8,11,15,17,22H,6,9-10,12H2/t15-,17+/m1/s1. The minimum Gasteiger partial charge on any atom is -0.391 e.